The fourth-order valence-corrected chi connectivity index (χ4v) is 11.5. The van der Waals surface area contributed by atoms with Crippen LogP contribution in [0.1, 0.15) is 178 Å². The van der Waals surface area contributed by atoms with Crippen LogP contribution in [0.25, 0.3) is 0 Å². The van der Waals surface area contributed by atoms with Crippen LogP contribution in [0.4, 0.5) is 0 Å². The largest absolute Gasteiger partial charge is 0.463 e. The van der Waals surface area contributed by atoms with E-state index in [1.54, 1.807) is 7.05 Å². The SMILES string of the molecule is CC(=O)OC[C@H]1O[C@@H](OCCCCC(=O)NCCCNC(=O)CCOC(N)(COCCC(=O)NCCCNC(=O)CCCCO[C@H]2CC(OC(C)=O)[C@@H](OC(C)=O)[C@@H](COC(C)=O)O2)COCCC(=O)N(C)CCCNC(=O)CCCCO[C@H]2C[C@@H](OC(C)=O)[C@@H](OC(C)=O)[C@@H](COC(C)=O)O2)C[C@@H](OC(C)=O)[C@H]1OC(C)=O. The maximum atomic E-state index is 13.1. The highest BCUT2D eigenvalue weighted by atomic mass is 16.7. The summed E-state index contributed by atoms with van der Waals surface area (Å²) in [4.78, 5) is 184. The van der Waals surface area contributed by atoms with Gasteiger partial charge in [-0.1, -0.05) is 0 Å². The van der Waals surface area contributed by atoms with Crippen molar-refractivity contribution in [1.82, 2.24) is 31.5 Å². The van der Waals surface area contributed by atoms with E-state index in [1.165, 1.54) is 67.2 Å². The molecule has 0 spiro atoms. The molecule has 0 saturated carbocycles. The summed E-state index contributed by atoms with van der Waals surface area (Å²) in [6.45, 7) is 11.1. The lowest BCUT2D eigenvalue weighted by atomic mass is 10.0. The van der Waals surface area contributed by atoms with Crippen molar-refractivity contribution in [3.63, 3.8) is 0 Å². The van der Waals surface area contributed by atoms with Gasteiger partial charge in [-0.15, -0.1) is 0 Å². The molecule has 3 heterocycles. The predicted octanol–water partition coefficient (Wildman–Crippen LogP) is 0.256. The molecule has 0 aromatic carbocycles. The van der Waals surface area contributed by atoms with Crippen LogP contribution >= 0.6 is 0 Å². The van der Waals surface area contributed by atoms with E-state index >= 15 is 0 Å². The topological polar surface area (TPSA) is 512 Å². The van der Waals surface area contributed by atoms with Crippen molar-refractivity contribution < 1.29 is 157 Å². The van der Waals surface area contributed by atoms with Crippen LogP contribution in [0.15, 0.2) is 0 Å². The number of nitrogens with zero attached hydrogens (tertiary/aromatic N) is 1. The highest BCUT2D eigenvalue weighted by Gasteiger charge is 2.47. The first kappa shape index (κ1) is 98.8. The van der Waals surface area contributed by atoms with E-state index < -0.39 is 133 Å². The lowest BCUT2D eigenvalue weighted by molar-refractivity contribution is -0.266. The molecular formula is C73H119N7O33. The van der Waals surface area contributed by atoms with Gasteiger partial charge in [0.1, 0.15) is 56.4 Å². The van der Waals surface area contributed by atoms with Gasteiger partial charge in [-0.25, -0.2) is 0 Å². The Morgan fingerprint density at radius 2 is 0.646 bits per heavy atom. The summed E-state index contributed by atoms with van der Waals surface area (Å²) >= 11 is 0. The normalized spacial score (nSPS) is 21.7. The molecular weight excluding hydrogens is 1500 g/mol. The maximum absolute atomic E-state index is 13.1. The Hall–Kier alpha value is -8.35. The van der Waals surface area contributed by atoms with E-state index in [4.69, 9.17) is 91.0 Å². The van der Waals surface area contributed by atoms with Crippen LogP contribution in [-0.2, 0) is 157 Å². The molecule has 13 atom stereocenters. The second-order valence-electron chi connectivity index (χ2n) is 27.0. The summed E-state index contributed by atoms with van der Waals surface area (Å²) < 4.78 is 100. The van der Waals surface area contributed by atoms with Gasteiger partial charge in [0.15, 0.2) is 42.9 Å². The number of esters is 9. The zero-order valence-corrected chi connectivity index (χ0v) is 66.7. The number of carbonyl (C=O) groups is 15. The number of carbonyl (C=O) groups excluding carboxylic acids is 15. The average molecular weight is 1620 g/mol. The standard InChI is InChI=1S/C73H119N7O33/c1-46(81)101-41-58-70(108-52(7)87)55(105-49(4)84)38-67(111-58)98-32-14-11-20-61(90)75-26-17-28-77-64(93)23-35-96-44-73(74,104-37-24-65(94)78-29-18-27-76-62(91)21-12-15-33-99-68-39-56(106-50(5)85)71(109-53(8)88)59(112-68)42-102-47(2)82)45-97-36-25-66(95)80(10)31-19-30-79-63(92)22-13-16-34-100-69-40-57(107-51(6)86)72(110-54(9)89)60(113-69)43-103-48(3)83/h55-60,67-72H,11-45,74H2,1-10H3,(H,75,90)(H,76,91)(H,77,93)(H,78,94)(H,79,92)/t55?,56-,57-,58-,59-,60-,67-,68-,69-,70-,71-,72-,73?/m1/s1. The monoisotopic (exact) mass is 1620 g/mol. The molecule has 3 aliphatic heterocycles. The van der Waals surface area contributed by atoms with E-state index in [1.807, 2.05) is 0 Å². The molecule has 6 amide bonds. The third-order valence-corrected chi connectivity index (χ3v) is 16.7. The molecule has 0 aliphatic carbocycles. The van der Waals surface area contributed by atoms with Crippen LogP contribution < -0.4 is 32.3 Å². The van der Waals surface area contributed by atoms with Crippen LogP contribution in [0, 0.1) is 0 Å². The number of rotatable bonds is 56. The third-order valence-electron chi connectivity index (χ3n) is 16.7. The summed E-state index contributed by atoms with van der Waals surface area (Å²) in [6.07, 6.45) is -7.21. The van der Waals surface area contributed by atoms with Gasteiger partial charge in [-0.05, 0) is 57.8 Å². The zero-order chi connectivity index (χ0) is 83.7. The van der Waals surface area contributed by atoms with Crippen molar-refractivity contribution in [2.45, 2.75) is 257 Å². The summed E-state index contributed by atoms with van der Waals surface area (Å²) in [5.74, 6) is -7.28. The van der Waals surface area contributed by atoms with Gasteiger partial charge in [0.2, 0.25) is 35.4 Å². The van der Waals surface area contributed by atoms with Gasteiger partial charge in [0, 0.05) is 173 Å². The molecule has 0 aromatic heterocycles. The van der Waals surface area contributed by atoms with Gasteiger partial charge in [0.25, 0.3) is 0 Å². The Morgan fingerprint density at radius 1 is 0.354 bits per heavy atom. The highest BCUT2D eigenvalue weighted by molar-refractivity contribution is 5.78. The minimum absolute atomic E-state index is 0.0327. The van der Waals surface area contributed by atoms with Crippen molar-refractivity contribution in [2.24, 2.45) is 5.73 Å². The quantitative estimate of drug-likeness (QED) is 0.0206. The maximum Gasteiger partial charge on any atom is 0.303 e. The number of unbranched alkanes of at least 4 members (excludes halogenated alkanes) is 3. The predicted molar refractivity (Wildman–Crippen MR) is 387 cm³/mol. The minimum atomic E-state index is -1.65. The molecule has 0 radical (unpaired) electrons. The molecule has 0 bridgehead atoms. The summed E-state index contributed by atoms with van der Waals surface area (Å²) in [7, 11) is 1.60. The first-order valence-electron chi connectivity index (χ1n) is 38.1. The lowest BCUT2D eigenvalue weighted by Crippen LogP contribution is -2.54. The van der Waals surface area contributed by atoms with E-state index in [-0.39, 0.29) is 199 Å². The molecule has 3 saturated heterocycles. The fourth-order valence-electron chi connectivity index (χ4n) is 11.5. The fraction of sp³-hybridized carbons (Fsp3) is 0.795. The van der Waals surface area contributed by atoms with Crippen molar-refractivity contribution >= 4 is 89.2 Å². The number of amides is 6. The number of hydrogen-bond acceptors (Lipinski definition) is 34. The number of ether oxygens (including phenoxy) is 18. The molecule has 40 nitrogen and oxygen atoms in total. The van der Waals surface area contributed by atoms with Gasteiger partial charge in [-0.3, -0.25) is 77.7 Å². The molecule has 0 aromatic rings. The van der Waals surface area contributed by atoms with Crippen LogP contribution in [-0.4, -0.2) is 293 Å². The average Bonchev–Trinajstić information content (AvgIpc) is 0.823. The van der Waals surface area contributed by atoms with Crippen LogP contribution in [0.5, 0.6) is 0 Å². The van der Waals surface area contributed by atoms with E-state index in [0.717, 1.165) is 0 Å². The molecule has 7 N–H and O–H groups in total. The van der Waals surface area contributed by atoms with Gasteiger partial charge in [0.05, 0.1) is 45.9 Å². The molecule has 3 rings (SSSR count). The van der Waals surface area contributed by atoms with Gasteiger partial charge >= 0.3 is 53.7 Å². The Morgan fingerprint density at radius 3 is 0.956 bits per heavy atom. The molecule has 644 valence electrons. The van der Waals surface area contributed by atoms with E-state index in [9.17, 15) is 71.9 Å². The number of nitrogens with two attached hydrogens (primary N) is 1. The molecule has 40 heteroatoms. The smallest absolute Gasteiger partial charge is 0.303 e. The van der Waals surface area contributed by atoms with Gasteiger partial charge < -0.3 is 117 Å². The Balaban J connectivity index is 1.41. The second-order valence-corrected chi connectivity index (χ2v) is 27.0. The van der Waals surface area contributed by atoms with E-state index in [2.05, 4.69) is 26.6 Å². The minimum Gasteiger partial charge on any atom is -0.463 e. The number of nitrogens with one attached hydrogen (secondary N) is 5. The van der Waals surface area contributed by atoms with Crippen molar-refractivity contribution in [3.8, 4) is 0 Å². The zero-order valence-electron chi connectivity index (χ0n) is 66.7. The van der Waals surface area contributed by atoms with Crippen molar-refractivity contribution in [2.75, 3.05) is 119 Å². The summed E-state index contributed by atoms with van der Waals surface area (Å²) in [5, 5.41) is 14.0. The first-order chi connectivity index (χ1) is 53.7. The highest BCUT2D eigenvalue weighted by Crippen LogP contribution is 2.31. The van der Waals surface area contributed by atoms with Crippen molar-refractivity contribution in [1.29, 1.82) is 0 Å². The Labute approximate surface area is 657 Å². The molecule has 113 heavy (non-hydrogen) atoms. The molecule has 2 unspecified atom stereocenters. The van der Waals surface area contributed by atoms with Crippen LogP contribution in [0.3, 0.4) is 0 Å². The second kappa shape index (κ2) is 56.0. The molecule has 3 aliphatic rings. The van der Waals surface area contributed by atoms with Crippen LogP contribution in [0.2, 0.25) is 0 Å². The third kappa shape index (κ3) is 46.0. The Bertz CT molecular complexity index is 3000. The Kier molecular flexibility index (Phi) is 49.0. The lowest BCUT2D eigenvalue weighted by Gasteiger charge is -2.39. The summed E-state index contributed by atoms with van der Waals surface area (Å²) in [5.41, 5.74) is 4.99. The van der Waals surface area contributed by atoms with Gasteiger partial charge in [-0.2, -0.15) is 0 Å². The summed E-state index contributed by atoms with van der Waals surface area (Å²) in [6, 6.07) is 0. The molecule has 3 fully saturated rings. The van der Waals surface area contributed by atoms with E-state index in [0.29, 0.717) is 64.3 Å². The number of hydrogen-bond donors (Lipinski definition) is 6. The first-order valence-corrected chi connectivity index (χ1v) is 38.1. The van der Waals surface area contributed by atoms with Crippen molar-refractivity contribution in [3.05, 3.63) is 0 Å².